The van der Waals surface area contributed by atoms with Crippen molar-refractivity contribution in [2.45, 2.75) is 96.5 Å². The van der Waals surface area contributed by atoms with E-state index in [4.69, 9.17) is 18.6 Å². The van der Waals surface area contributed by atoms with E-state index in [0.717, 1.165) is 24.8 Å². The molecule has 0 amide bonds. The molecule has 41 heavy (non-hydrogen) atoms. The minimum absolute atomic E-state index is 0.0198. The molecule has 3 atom stereocenters. The molecule has 0 N–H and O–H groups in total. The van der Waals surface area contributed by atoms with Gasteiger partial charge in [-0.25, -0.2) is 0 Å². The first kappa shape index (κ1) is 31.4. The summed E-state index contributed by atoms with van der Waals surface area (Å²) >= 11 is 0. The molecule has 1 saturated heterocycles. The lowest BCUT2D eigenvalue weighted by Gasteiger charge is -2.44. The number of hydrogen-bond donors (Lipinski definition) is 0. The molecule has 3 aromatic carbocycles. The Hall–Kier alpha value is -2.54. The molecule has 4 nitrogen and oxygen atoms in total. The number of rotatable bonds is 13. The zero-order valence-corrected chi connectivity index (χ0v) is 26.7. The van der Waals surface area contributed by atoms with Crippen LogP contribution in [0.2, 0.25) is 5.04 Å². The molecule has 1 aliphatic heterocycles. The van der Waals surface area contributed by atoms with Crippen LogP contribution in [-0.4, -0.2) is 39.0 Å². The zero-order chi connectivity index (χ0) is 29.3. The van der Waals surface area contributed by atoms with Crippen LogP contribution >= 0.6 is 0 Å². The largest absolute Gasteiger partial charge is 0.405 e. The van der Waals surface area contributed by atoms with Gasteiger partial charge >= 0.3 is 0 Å². The molecule has 1 fully saturated rings. The van der Waals surface area contributed by atoms with Crippen molar-refractivity contribution in [3.63, 3.8) is 0 Å². The van der Waals surface area contributed by atoms with Crippen molar-refractivity contribution in [3.8, 4) is 0 Å². The first-order chi connectivity index (χ1) is 19.6. The van der Waals surface area contributed by atoms with Gasteiger partial charge in [-0.2, -0.15) is 0 Å². The summed E-state index contributed by atoms with van der Waals surface area (Å²) in [5, 5.41) is 2.63. The lowest BCUT2D eigenvalue weighted by molar-refractivity contribution is -0.148. The first-order valence-corrected chi connectivity index (χ1v) is 16.9. The SMILES string of the molecule is C[C@H](CCC/C=C\[C@@H]1OC(C)(C)O[C@H]1COCc1ccccc1)O[Si](c1ccccc1)(c1ccccc1)C(C)(C)C. The summed E-state index contributed by atoms with van der Waals surface area (Å²) in [4.78, 5) is 0. The van der Waals surface area contributed by atoms with Gasteiger partial charge in [0.15, 0.2) is 5.79 Å². The summed E-state index contributed by atoms with van der Waals surface area (Å²) < 4.78 is 25.6. The number of unbranched alkanes of at least 4 members (excludes halogenated alkanes) is 1. The monoisotopic (exact) mass is 572 g/mol. The van der Waals surface area contributed by atoms with Crippen LogP contribution in [0.15, 0.2) is 103 Å². The predicted molar refractivity (Wildman–Crippen MR) is 171 cm³/mol. The van der Waals surface area contributed by atoms with Gasteiger partial charge in [0.1, 0.15) is 12.2 Å². The third kappa shape index (κ3) is 8.27. The summed E-state index contributed by atoms with van der Waals surface area (Å²) in [5.41, 5.74) is 1.16. The van der Waals surface area contributed by atoms with Gasteiger partial charge in [0.05, 0.1) is 13.2 Å². The Balaban J connectivity index is 1.35. The Labute approximate surface area is 248 Å². The molecule has 0 spiro atoms. The Bertz CT molecular complexity index is 1170. The van der Waals surface area contributed by atoms with Crippen molar-refractivity contribution >= 4 is 18.7 Å². The second-order valence-corrected chi connectivity index (χ2v) is 16.8. The third-order valence-electron chi connectivity index (χ3n) is 7.72. The second-order valence-electron chi connectivity index (χ2n) is 12.6. The molecule has 3 aromatic rings. The van der Waals surface area contributed by atoms with Gasteiger partial charge in [-0.05, 0) is 61.0 Å². The standard InChI is InChI=1S/C36H48O4Si/c1-29(40-41(35(2,3)4,31-22-14-9-15-23-31)32-24-16-10-17-25-32)19-11-7-18-26-33-34(39-36(5,6)38-33)28-37-27-30-20-12-8-13-21-30/h8-10,12-18,20-26,29,33-34H,7,11,19,27-28H2,1-6H3/b26-18-/t29-,33+,34+/m1/s1. The normalized spacial score (nSPS) is 20.0. The van der Waals surface area contributed by atoms with Gasteiger partial charge in [-0.3, -0.25) is 0 Å². The quantitative estimate of drug-likeness (QED) is 0.121. The van der Waals surface area contributed by atoms with E-state index in [2.05, 4.69) is 113 Å². The van der Waals surface area contributed by atoms with Gasteiger partial charge in [-0.1, -0.05) is 124 Å². The Morgan fingerprint density at radius 1 is 0.854 bits per heavy atom. The molecular formula is C36H48O4Si. The smallest absolute Gasteiger partial charge is 0.261 e. The highest BCUT2D eigenvalue weighted by Gasteiger charge is 2.50. The fourth-order valence-electron chi connectivity index (χ4n) is 5.83. The van der Waals surface area contributed by atoms with Crippen LogP contribution in [0.1, 0.15) is 66.4 Å². The van der Waals surface area contributed by atoms with E-state index in [1.807, 2.05) is 32.0 Å². The minimum atomic E-state index is -2.53. The van der Waals surface area contributed by atoms with E-state index >= 15 is 0 Å². The fourth-order valence-corrected chi connectivity index (χ4v) is 10.6. The molecule has 1 heterocycles. The molecule has 220 valence electrons. The van der Waals surface area contributed by atoms with Crippen LogP contribution in [0, 0.1) is 0 Å². The van der Waals surface area contributed by atoms with Gasteiger partial charge in [0.2, 0.25) is 0 Å². The molecular weight excluding hydrogens is 524 g/mol. The van der Waals surface area contributed by atoms with Crippen LogP contribution < -0.4 is 10.4 Å². The topological polar surface area (TPSA) is 36.9 Å². The van der Waals surface area contributed by atoms with Crippen LogP contribution in [-0.2, 0) is 25.2 Å². The molecule has 1 aliphatic rings. The molecule has 0 bridgehead atoms. The van der Waals surface area contributed by atoms with E-state index in [-0.39, 0.29) is 23.4 Å². The van der Waals surface area contributed by atoms with Crippen molar-refractivity contribution in [2.75, 3.05) is 6.61 Å². The van der Waals surface area contributed by atoms with Crippen LogP contribution in [0.4, 0.5) is 0 Å². The molecule has 5 heteroatoms. The molecule has 0 aromatic heterocycles. The van der Waals surface area contributed by atoms with Gasteiger partial charge in [-0.15, -0.1) is 0 Å². The first-order valence-electron chi connectivity index (χ1n) is 15.0. The molecule has 0 aliphatic carbocycles. The van der Waals surface area contributed by atoms with E-state index < -0.39 is 14.1 Å². The minimum Gasteiger partial charge on any atom is -0.405 e. The Morgan fingerprint density at radius 2 is 1.41 bits per heavy atom. The lowest BCUT2D eigenvalue weighted by atomic mass is 10.1. The average molecular weight is 573 g/mol. The van der Waals surface area contributed by atoms with Crippen molar-refractivity contribution in [1.82, 2.24) is 0 Å². The van der Waals surface area contributed by atoms with Crippen molar-refractivity contribution in [1.29, 1.82) is 0 Å². The molecule has 0 saturated carbocycles. The highest BCUT2D eigenvalue weighted by molar-refractivity contribution is 6.99. The van der Waals surface area contributed by atoms with Crippen LogP contribution in [0.25, 0.3) is 0 Å². The Kier molecular flexibility index (Phi) is 10.8. The van der Waals surface area contributed by atoms with Gasteiger partial charge in [0, 0.05) is 6.10 Å². The van der Waals surface area contributed by atoms with E-state index in [0.29, 0.717) is 13.2 Å². The van der Waals surface area contributed by atoms with Gasteiger partial charge < -0.3 is 18.6 Å². The number of allylic oxidation sites excluding steroid dienone is 1. The average Bonchev–Trinajstić information content (AvgIpc) is 3.25. The van der Waals surface area contributed by atoms with Crippen LogP contribution in [0.3, 0.4) is 0 Å². The Morgan fingerprint density at radius 3 is 1.98 bits per heavy atom. The molecule has 0 radical (unpaired) electrons. The van der Waals surface area contributed by atoms with E-state index in [1.54, 1.807) is 0 Å². The summed E-state index contributed by atoms with van der Waals surface area (Å²) in [6.45, 7) is 14.2. The lowest BCUT2D eigenvalue weighted by Crippen LogP contribution is -2.67. The summed E-state index contributed by atoms with van der Waals surface area (Å²) in [6, 6.07) is 32.0. The predicted octanol–water partition coefficient (Wildman–Crippen LogP) is 7.41. The maximum Gasteiger partial charge on any atom is 0.261 e. The van der Waals surface area contributed by atoms with E-state index in [1.165, 1.54) is 10.4 Å². The molecule has 0 unspecified atom stereocenters. The zero-order valence-electron chi connectivity index (χ0n) is 25.7. The maximum atomic E-state index is 7.23. The number of hydrogen-bond acceptors (Lipinski definition) is 4. The van der Waals surface area contributed by atoms with E-state index in [9.17, 15) is 0 Å². The van der Waals surface area contributed by atoms with Gasteiger partial charge in [0.25, 0.3) is 8.32 Å². The highest BCUT2D eigenvalue weighted by atomic mass is 28.4. The summed E-state index contributed by atoms with van der Waals surface area (Å²) in [7, 11) is -2.53. The number of benzene rings is 3. The molecule has 4 rings (SSSR count). The van der Waals surface area contributed by atoms with Crippen molar-refractivity contribution in [2.24, 2.45) is 0 Å². The third-order valence-corrected chi connectivity index (χ3v) is 12.9. The van der Waals surface area contributed by atoms with Crippen molar-refractivity contribution in [3.05, 3.63) is 109 Å². The summed E-state index contributed by atoms with van der Waals surface area (Å²) in [5.74, 6) is -0.617. The maximum absolute atomic E-state index is 7.23. The fraction of sp³-hybridized carbons (Fsp3) is 0.444. The van der Waals surface area contributed by atoms with Crippen LogP contribution in [0.5, 0.6) is 0 Å². The number of ether oxygens (including phenoxy) is 3. The van der Waals surface area contributed by atoms with Crippen molar-refractivity contribution < 1.29 is 18.6 Å². The second kappa shape index (κ2) is 14.1. The highest BCUT2D eigenvalue weighted by Crippen LogP contribution is 2.38. The summed E-state index contributed by atoms with van der Waals surface area (Å²) in [6.07, 6.45) is 7.28.